The van der Waals surface area contributed by atoms with Crippen molar-refractivity contribution in [3.63, 3.8) is 0 Å². The van der Waals surface area contributed by atoms with Crippen LogP contribution in [-0.4, -0.2) is 38.7 Å². The number of hydrogen-bond donors (Lipinski definition) is 0. The van der Waals surface area contributed by atoms with Crippen LogP contribution < -0.4 is 0 Å². The molecule has 1 aliphatic rings. The molecule has 0 aliphatic carbocycles. The van der Waals surface area contributed by atoms with Gasteiger partial charge in [0.2, 0.25) is 11.8 Å². The average molecular weight is 378 g/mol. The molecule has 3 aromatic rings. The van der Waals surface area contributed by atoms with Crippen LogP contribution in [0.15, 0.2) is 40.9 Å². The van der Waals surface area contributed by atoms with E-state index in [4.69, 9.17) is 4.42 Å². The summed E-state index contributed by atoms with van der Waals surface area (Å²) in [4.78, 5) is 14.3. The van der Waals surface area contributed by atoms with E-state index in [0.29, 0.717) is 25.9 Å². The Morgan fingerprint density at radius 2 is 1.89 bits per heavy atom. The smallest absolute Gasteiger partial charge is 0.417 e. The third-order valence-corrected chi connectivity index (χ3v) is 4.87. The zero-order valence-electron chi connectivity index (χ0n) is 14.3. The lowest BCUT2D eigenvalue weighted by molar-refractivity contribution is -0.157. The van der Waals surface area contributed by atoms with Crippen molar-refractivity contribution in [3.8, 4) is 0 Å². The summed E-state index contributed by atoms with van der Waals surface area (Å²) in [6, 6.07) is 9.78. The fourth-order valence-electron chi connectivity index (χ4n) is 3.41. The van der Waals surface area contributed by atoms with E-state index in [1.165, 1.54) is 0 Å². The molecule has 0 saturated carbocycles. The number of piperidine rings is 1. The number of rotatable bonds is 3. The Kier molecular flexibility index (Phi) is 4.37. The van der Waals surface area contributed by atoms with Crippen molar-refractivity contribution in [2.75, 3.05) is 13.1 Å². The number of alkyl halides is 3. The normalized spacial score (nSPS) is 16.2. The van der Waals surface area contributed by atoms with Crippen molar-refractivity contribution in [3.05, 3.63) is 48.3 Å². The second kappa shape index (κ2) is 6.71. The number of carbonyl (C=O) groups excluding carboxylic acids is 1. The molecule has 3 heterocycles. The molecule has 142 valence electrons. The number of benzene rings is 1. The molecule has 1 saturated heterocycles. The third-order valence-electron chi connectivity index (χ3n) is 4.87. The number of para-hydroxylation sites is 1. The molecule has 9 heteroatoms. The van der Waals surface area contributed by atoms with Crippen molar-refractivity contribution < 1.29 is 22.4 Å². The highest BCUT2D eigenvalue weighted by Gasteiger charge is 2.39. The van der Waals surface area contributed by atoms with Crippen LogP contribution >= 0.6 is 0 Å². The molecular formula is C18H17F3N4O2. The lowest BCUT2D eigenvalue weighted by atomic mass is 9.97. The summed E-state index contributed by atoms with van der Waals surface area (Å²) < 4.78 is 44.4. The molecule has 0 radical (unpaired) electrons. The minimum atomic E-state index is -4.64. The van der Waals surface area contributed by atoms with Crippen molar-refractivity contribution in [1.82, 2.24) is 19.7 Å². The standard InChI is InChI=1S/C18H17F3N4O2/c19-18(20,21)17-23-22-16(27-17)13-6-8-24(9-7-13)15(26)11-25-10-5-12-3-1-2-4-14(12)25/h1-5,10,13H,6-9,11H2. The van der Waals surface area contributed by atoms with E-state index in [1.807, 2.05) is 41.1 Å². The molecular weight excluding hydrogens is 361 g/mol. The highest BCUT2D eigenvalue weighted by molar-refractivity contribution is 5.83. The number of likely N-dealkylation sites (tertiary alicyclic amines) is 1. The molecule has 4 rings (SSSR count). The van der Waals surface area contributed by atoms with Gasteiger partial charge in [-0.25, -0.2) is 0 Å². The minimum absolute atomic E-state index is 0.00849. The molecule has 0 atom stereocenters. The summed E-state index contributed by atoms with van der Waals surface area (Å²) in [6.07, 6.45) is -1.76. The predicted molar refractivity (Wildman–Crippen MR) is 89.8 cm³/mol. The van der Waals surface area contributed by atoms with Gasteiger partial charge in [0.05, 0.1) is 0 Å². The first-order valence-corrected chi connectivity index (χ1v) is 8.64. The summed E-state index contributed by atoms with van der Waals surface area (Å²) in [5.41, 5.74) is 0.992. The summed E-state index contributed by atoms with van der Waals surface area (Å²) in [7, 11) is 0. The van der Waals surface area contributed by atoms with Gasteiger partial charge in [-0.1, -0.05) is 18.2 Å². The molecule has 0 unspecified atom stereocenters. The first-order valence-electron chi connectivity index (χ1n) is 8.64. The lowest BCUT2D eigenvalue weighted by Crippen LogP contribution is -2.39. The van der Waals surface area contributed by atoms with Crippen LogP contribution in [0.1, 0.15) is 30.5 Å². The molecule has 1 aromatic carbocycles. The molecule has 1 aliphatic heterocycles. The van der Waals surface area contributed by atoms with Gasteiger partial charge >= 0.3 is 12.1 Å². The van der Waals surface area contributed by atoms with Crippen molar-refractivity contribution >= 4 is 16.8 Å². The summed E-state index contributed by atoms with van der Waals surface area (Å²) in [5, 5.41) is 7.67. The SMILES string of the molecule is O=C(Cn1ccc2ccccc21)N1CCC(c2nnc(C(F)(F)F)o2)CC1. The van der Waals surface area contributed by atoms with Gasteiger partial charge in [0.1, 0.15) is 6.54 Å². The first kappa shape index (κ1) is 17.6. The van der Waals surface area contributed by atoms with Gasteiger partial charge in [0, 0.05) is 30.7 Å². The number of aromatic nitrogens is 3. The van der Waals surface area contributed by atoms with E-state index >= 15 is 0 Å². The Labute approximate surface area is 152 Å². The molecule has 1 fully saturated rings. The predicted octanol–water partition coefficient (Wildman–Crippen LogP) is 3.45. The topological polar surface area (TPSA) is 64.2 Å². The monoisotopic (exact) mass is 378 g/mol. The second-order valence-electron chi connectivity index (χ2n) is 6.60. The fraction of sp³-hybridized carbons (Fsp3) is 0.389. The van der Waals surface area contributed by atoms with E-state index < -0.39 is 12.1 Å². The van der Waals surface area contributed by atoms with E-state index in [2.05, 4.69) is 10.2 Å². The Balaban J connectivity index is 1.37. The number of halogens is 3. The van der Waals surface area contributed by atoms with Crippen molar-refractivity contribution in [1.29, 1.82) is 0 Å². The number of carbonyl (C=O) groups is 1. The van der Waals surface area contributed by atoms with Crippen LogP contribution in [0.4, 0.5) is 13.2 Å². The quantitative estimate of drug-likeness (QED) is 0.700. The second-order valence-corrected chi connectivity index (χ2v) is 6.60. The molecule has 0 spiro atoms. The Hall–Kier alpha value is -2.84. The summed E-state index contributed by atoms with van der Waals surface area (Å²) >= 11 is 0. The van der Waals surface area contributed by atoms with Crippen LogP contribution in [0.3, 0.4) is 0 Å². The van der Waals surface area contributed by atoms with E-state index in [-0.39, 0.29) is 24.3 Å². The number of amides is 1. The third kappa shape index (κ3) is 3.54. The first-order chi connectivity index (χ1) is 12.9. The maximum Gasteiger partial charge on any atom is 0.470 e. The van der Waals surface area contributed by atoms with Gasteiger partial charge in [-0.05, 0) is 30.4 Å². The largest absolute Gasteiger partial charge is 0.470 e. The summed E-state index contributed by atoms with van der Waals surface area (Å²) in [6.45, 7) is 1.13. The molecule has 2 aromatic heterocycles. The highest BCUT2D eigenvalue weighted by Crippen LogP contribution is 2.32. The van der Waals surface area contributed by atoms with Gasteiger partial charge in [-0.3, -0.25) is 4.79 Å². The molecule has 27 heavy (non-hydrogen) atoms. The Bertz CT molecular complexity index is 955. The van der Waals surface area contributed by atoms with Gasteiger partial charge in [0.15, 0.2) is 0 Å². The van der Waals surface area contributed by atoms with Crippen molar-refractivity contribution in [2.24, 2.45) is 0 Å². The van der Waals surface area contributed by atoms with Crippen LogP contribution in [0.2, 0.25) is 0 Å². The Morgan fingerprint density at radius 3 is 2.59 bits per heavy atom. The lowest BCUT2D eigenvalue weighted by Gasteiger charge is -2.30. The zero-order chi connectivity index (χ0) is 19.0. The highest BCUT2D eigenvalue weighted by atomic mass is 19.4. The molecule has 0 bridgehead atoms. The number of fused-ring (bicyclic) bond motifs is 1. The van der Waals surface area contributed by atoms with Gasteiger partial charge in [0.25, 0.3) is 0 Å². The number of hydrogen-bond acceptors (Lipinski definition) is 4. The molecule has 0 N–H and O–H groups in total. The Morgan fingerprint density at radius 1 is 1.15 bits per heavy atom. The van der Waals surface area contributed by atoms with Crippen LogP contribution in [0.5, 0.6) is 0 Å². The zero-order valence-corrected chi connectivity index (χ0v) is 14.3. The van der Waals surface area contributed by atoms with E-state index in [1.54, 1.807) is 4.90 Å². The molecule has 6 nitrogen and oxygen atoms in total. The fourth-order valence-corrected chi connectivity index (χ4v) is 3.41. The van der Waals surface area contributed by atoms with Crippen LogP contribution in [0.25, 0.3) is 10.9 Å². The van der Waals surface area contributed by atoms with Crippen molar-refractivity contribution in [2.45, 2.75) is 31.5 Å². The summed E-state index contributed by atoms with van der Waals surface area (Å²) in [5.74, 6) is -1.61. The maximum absolute atomic E-state index is 12.6. The van der Waals surface area contributed by atoms with E-state index in [9.17, 15) is 18.0 Å². The maximum atomic E-state index is 12.6. The van der Waals surface area contributed by atoms with Gasteiger partial charge in [-0.15, -0.1) is 10.2 Å². The van der Waals surface area contributed by atoms with Crippen LogP contribution in [-0.2, 0) is 17.5 Å². The average Bonchev–Trinajstić information content (AvgIpc) is 3.30. The van der Waals surface area contributed by atoms with Crippen LogP contribution in [0, 0.1) is 0 Å². The van der Waals surface area contributed by atoms with Gasteiger partial charge in [-0.2, -0.15) is 13.2 Å². The van der Waals surface area contributed by atoms with E-state index in [0.717, 1.165) is 10.9 Å². The molecule has 1 amide bonds. The van der Waals surface area contributed by atoms with Gasteiger partial charge < -0.3 is 13.9 Å². The minimum Gasteiger partial charge on any atom is -0.417 e. The number of nitrogens with zero attached hydrogens (tertiary/aromatic N) is 4.